The highest BCUT2D eigenvalue weighted by Crippen LogP contribution is 2.33. The normalized spacial score (nSPS) is 17.2. The molecule has 0 aliphatic heterocycles. The van der Waals surface area contributed by atoms with Crippen LogP contribution in [0.5, 0.6) is 0 Å². The highest BCUT2D eigenvalue weighted by molar-refractivity contribution is 5.78. The highest BCUT2D eigenvalue weighted by atomic mass is 19.4. The minimum atomic E-state index is -4.35. The number of hydroxylamine groups is 1. The predicted molar refractivity (Wildman–Crippen MR) is 82.3 cm³/mol. The second kappa shape index (κ2) is 6.28. The summed E-state index contributed by atoms with van der Waals surface area (Å²) in [7, 11) is 0. The monoisotopic (exact) mass is 335 g/mol. The molecule has 0 radical (unpaired) electrons. The maximum atomic E-state index is 12.6. The lowest BCUT2D eigenvalue weighted by Crippen LogP contribution is -2.31. The number of hydrogen-bond donors (Lipinski definition) is 2. The molecule has 1 aliphatic carbocycles. The molecule has 0 saturated carbocycles. The van der Waals surface area contributed by atoms with Crippen molar-refractivity contribution >= 4 is 5.91 Å². The maximum Gasteiger partial charge on any atom is 0.416 e. The fourth-order valence-corrected chi connectivity index (χ4v) is 3.10. The van der Waals surface area contributed by atoms with Gasteiger partial charge in [0, 0.05) is 5.92 Å². The van der Waals surface area contributed by atoms with E-state index in [1.807, 2.05) is 18.2 Å². The molecule has 1 aliphatic rings. The Labute approximate surface area is 137 Å². The van der Waals surface area contributed by atoms with Crippen LogP contribution in [-0.2, 0) is 23.8 Å². The number of halogens is 3. The number of rotatable bonds is 2. The van der Waals surface area contributed by atoms with Gasteiger partial charge in [-0.2, -0.15) is 13.2 Å². The van der Waals surface area contributed by atoms with Crippen molar-refractivity contribution in [2.45, 2.75) is 25.4 Å². The SMILES string of the molecule is O=C(NO)C1CCc2ccc(-c3ccc(C(F)(F)F)cc3)cc2C1. The Bertz CT molecular complexity index is 754. The Morgan fingerprint density at radius 1 is 1.04 bits per heavy atom. The van der Waals surface area contributed by atoms with Crippen molar-refractivity contribution < 1.29 is 23.2 Å². The molecule has 0 bridgehead atoms. The van der Waals surface area contributed by atoms with Gasteiger partial charge in [0.25, 0.3) is 0 Å². The van der Waals surface area contributed by atoms with Crippen LogP contribution in [0, 0.1) is 5.92 Å². The third-order valence-corrected chi connectivity index (χ3v) is 4.46. The molecular weight excluding hydrogens is 319 g/mol. The summed E-state index contributed by atoms with van der Waals surface area (Å²) in [6, 6.07) is 10.8. The van der Waals surface area contributed by atoms with Crippen molar-refractivity contribution in [2.24, 2.45) is 5.92 Å². The van der Waals surface area contributed by atoms with Gasteiger partial charge in [0.15, 0.2) is 0 Å². The van der Waals surface area contributed by atoms with Crippen molar-refractivity contribution in [1.82, 2.24) is 5.48 Å². The Balaban J connectivity index is 1.87. The second-order valence-electron chi connectivity index (χ2n) is 5.97. The van der Waals surface area contributed by atoms with Crippen molar-refractivity contribution in [3.8, 4) is 11.1 Å². The average molecular weight is 335 g/mol. The molecule has 0 spiro atoms. The number of carbonyl (C=O) groups excluding carboxylic acids is 1. The summed E-state index contributed by atoms with van der Waals surface area (Å²) in [6.45, 7) is 0. The molecule has 0 heterocycles. The number of aryl methyl sites for hydroxylation is 1. The van der Waals surface area contributed by atoms with Crippen LogP contribution in [0.3, 0.4) is 0 Å². The summed E-state index contributed by atoms with van der Waals surface area (Å²) in [6.07, 6.45) is -2.44. The molecule has 6 heteroatoms. The van der Waals surface area contributed by atoms with Crippen LogP contribution < -0.4 is 5.48 Å². The van der Waals surface area contributed by atoms with E-state index in [0.717, 1.165) is 35.2 Å². The second-order valence-corrected chi connectivity index (χ2v) is 5.97. The molecule has 1 amide bonds. The van der Waals surface area contributed by atoms with Gasteiger partial charge in [-0.05, 0) is 53.6 Å². The van der Waals surface area contributed by atoms with Gasteiger partial charge in [0.05, 0.1) is 5.56 Å². The van der Waals surface area contributed by atoms with Gasteiger partial charge in [-0.3, -0.25) is 10.0 Å². The van der Waals surface area contributed by atoms with Crippen LogP contribution in [0.4, 0.5) is 13.2 Å². The molecule has 3 nitrogen and oxygen atoms in total. The van der Waals surface area contributed by atoms with E-state index >= 15 is 0 Å². The fraction of sp³-hybridized carbons (Fsp3) is 0.278. The Morgan fingerprint density at radius 3 is 2.33 bits per heavy atom. The largest absolute Gasteiger partial charge is 0.416 e. The minimum absolute atomic E-state index is 0.287. The van der Waals surface area contributed by atoms with Crippen LogP contribution in [0.2, 0.25) is 0 Å². The molecule has 0 aromatic heterocycles. The molecule has 1 unspecified atom stereocenters. The molecule has 2 N–H and O–H groups in total. The van der Waals surface area contributed by atoms with Crippen LogP contribution in [0.1, 0.15) is 23.1 Å². The van der Waals surface area contributed by atoms with Crippen LogP contribution >= 0.6 is 0 Å². The topological polar surface area (TPSA) is 49.3 Å². The van der Waals surface area contributed by atoms with Crippen LogP contribution in [-0.4, -0.2) is 11.1 Å². The Morgan fingerprint density at radius 2 is 1.71 bits per heavy atom. The van der Waals surface area contributed by atoms with E-state index < -0.39 is 17.6 Å². The first kappa shape index (κ1) is 16.5. The van der Waals surface area contributed by atoms with Crippen LogP contribution in [0.25, 0.3) is 11.1 Å². The van der Waals surface area contributed by atoms with E-state index in [4.69, 9.17) is 5.21 Å². The molecular formula is C18H16F3NO2. The van der Waals surface area contributed by atoms with Gasteiger partial charge in [-0.1, -0.05) is 30.3 Å². The number of fused-ring (bicyclic) bond motifs is 1. The lowest BCUT2D eigenvalue weighted by molar-refractivity contribution is -0.137. The van der Waals surface area contributed by atoms with Gasteiger partial charge < -0.3 is 0 Å². The van der Waals surface area contributed by atoms with Gasteiger partial charge in [-0.25, -0.2) is 5.48 Å². The maximum absolute atomic E-state index is 12.6. The number of benzene rings is 2. The zero-order valence-corrected chi connectivity index (χ0v) is 12.7. The number of amides is 1. The fourth-order valence-electron chi connectivity index (χ4n) is 3.10. The Hall–Kier alpha value is -2.34. The number of alkyl halides is 3. The quantitative estimate of drug-likeness (QED) is 0.644. The summed E-state index contributed by atoms with van der Waals surface area (Å²) in [5.74, 6) is -0.689. The standard InChI is InChI=1S/C18H16F3NO2/c19-18(20,21)16-7-5-11(6-8-16)13-3-1-12-2-4-14(17(23)22-24)10-15(12)9-13/h1,3,5-9,14,24H,2,4,10H2,(H,22,23). The van der Waals surface area contributed by atoms with E-state index in [1.54, 1.807) is 5.48 Å². The first-order valence-corrected chi connectivity index (χ1v) is 7.62. The van der Waals surface area contributed by atoms with Crippen molar-refractivity contribution in [1.29, 1.82) is 0 Å². The average Bonchev–Trinajstić information content (AvgIpc) is 2.59. The van der Waals surface area contributed by atoms with Gasteiger partial charge in [0.1, 0.15) is 0 Å². The molecule has 0 fully saturated rings. The molecule has 24 heavy (non-hydrogen) atoms. The van der Waals surface area contributed by atoms with Gasteiger partial charge in [-0.15, -0.1) is 0 Å². The first-order valence-electron chi connectivity index (χ1n) is 7.62. The van der Waals surface area contributed by atoms with Crippen molar-refractivity contribution in [2.75, 3.05) is 0 Å². The third kappa shape index (κ3) is 3.28. The summed E-state index contributed by atoms with van der Waals surface area (Å²) in [4.78, 5) is 11.6. The highest BCUT2D eigenvalue weighted by Gasteiger charge is 2.30. The molecule has 0 saturated heterocycles. The first-order chi connectivity index (χ1) is 11.4. The number of hydrogen-bond acceptors (Lipinski definition) is 2. The smallest absolute Gasteiger partial charge is 0.289 e. The molecule has 2 aromatic carbocycles. The van der Waals surface area contributed by atoms with Crippen molar-refractivity contribution in [3.63, 3.8) is 0 Å². The zero-order valence-electron chi connectivity index (χ0n) is 12.7. The molecule has 126 valence electrons. The third-order valence-electron chi connectivity index (χ3n) is 4.46. The van der Waals surface area contributed by atoms with Crippen LogP contribution in [0.15, 0.2) is 42.5 Å². The number of nitrogens with one attached hydrogen (secondary N) is 1. The zero-order chi connectivity index (χ0) is 17.3. The molecule has 2 aromatic rings. The number of carbonyl (C=O) groups is 1. The van der Waals surface area contributed by atoms with Gasteiger partial charge >= 0.3 is 6.18 Å². The lowest BCUT2D eigenvalue weighted by Gasteiger charge is -2.23. The summed E-state index contributed by atoms with van der Waals surface area (Å²) < 4.78 is 37.9. The predicted octanol–water partition coefficient (Wildman–Crippen LogP) is 3.98. The Kier molecular flexibility index (Phi) is 4.32. The summed E-state index contributed by atoms with van der Waals surface area (Å²) in [5.41, 5.74) is 4.64. The summed E-state index contributed by atoms with van der Waals surface area (Å²) in [5, 5.41) is 8.77. The van der Waals surface area contributed by atoms with E-state index in [1.165, 1.54) is 12.1 Å². The minimum Gasteiger partial charge on any atom is -0.289 e. The van der Waals surface area contributed by atoms with E-state index in [9.17, 15) is 18.0 Å². The van der Waals surface area contributed by atoms with E-state index in [-0.39, 0.29) is 5.92 Å². The van der Waals surface area contributed by atoms with E-state index in [2.05, 4.69) is 0 Å². The van der Waals surface area contributed by atoms with Crippen molar-refractivity contribution in [3.05, 3.63) is 59.2 Å². The molecule has 3 rings (SSSR count). The summed E-state index contributed by atoms with van der Waals surface area (Å²) >= 11 is 0. The van der Waals surface area contributed by atoms with Gasteiger partial charge in [0.2, 0.25) is 5.91 Å². The lowest BCUT2D eigenvalue weighted by atomic mass is 9.82. The van der Waals surface area contributed by atoms with E-state index in [0.29, 0.717) is 18.4 Å². The molecule has 1 atom stereocenters.